The molecule has 0 rings (SSSR count). The second kappa shape index (κ2) is 2.42. The van der Waals surface area contributed by atoms with Crippen molar-refractivity contribution in [2.75, 3.05) is 0 Å². The van der Waals surface area contributed by atoms with E-state index in [1.807, 2.05) is 0 Å². The minimum Gasteiger partial charge on any atom is -0.262 e. The van der Waals surface area contributed by atoms with Crippen LogP contribution in [0.4, 0.5) is 0 Å². The van der Waals surface area contributed by atoms with E-state index in [0.717, 1.165) is 0 Å². The zero-order chi connectivity index (χ0) is 5.86. The smallest absolute Gasteiger partial charge is 0.262 e. The molecule has 38 valence electrons. The molecule has 0 radical (unpaired) electrons. The zero-order valence-electron chi connectivity index (χ0n) is 3.24. The average molecular weight is 118 g/mol. The van der Waals surface area contributed by atoms with E-state index >= 15 is 0 Å². The van der Waals surface area contributed by atoms with Crippen LogP contribution in [0, 0.1) is 21.4 Å². The van der Waals surface area contributed by atoms with Crippen LogP contribution in [0.5, 0.6) is 0 Å². The lowest BCUT2D eigenvalue weighted by Gasteiger charge is -1.84. The van der Waals surface area contributed by atoms with Crippen molar-refractivity contribution in [1.82, 2.24) is 0 Å². The van der Waals surface area contributed by atoms with Gasteiger partial charge in [-0.2, -0.15) is 5.26 Å². The Balaban J connectivity index is 3.63. The molecular formula is C2H2N2O2S. The predicted molar refractivity (Wildman–Crippen MR) is 25.4 cm³/mol. The standard InChI is InChI=1S/C2H2N2O2S/c3-1-2(7)4(5)6/h2,7H. The molecule has 0 saturated carbocycles. The highest BCUT2D eigenvalue weighted by atomic mass is 32.1. The van der Waals surface area contributed by atoms with Crippen LogP contribution in [0.15, 0.2) is 0 Å². The molecule has 1 atom stereocenters. The average Bonchev–Trinajstić information content (AvgIpc) is 1.65. The van der Waals surface area contributed by atoms with E-state index < -0.39 is 10.3 Å². The van der Waals surface area contributed by atoms with Gasteiger partial charge in [-0.25, -0.2) is 0 Å². The Kier molecular flexibility index (Phi) is 2.16. The van der Waals surface area contributed by atoms with Crippen LogP contribution in [0.1, 0.15) is 0 Å². The number of nitriles is 1. The van der Waals surface area contributed by atoms with Crippen LogP contribution >= 0.6 is 12.6 Å². The van der Waals surface area contributed by atoms with Gasteiger partial charge in [0.15, 0.2) is 6.07 Å². The summed E-state index contributed by atoms with van der Waals surface area (Å²) in [6.45, 7) is 0. The lowest BCUT2D eigenvalue weighted by Crippen LogP contribution is -2.07. The van der Waals surface area contributed by atoms with Crippen molar-refractivity contribution >= 4 is 12.6 Å². The first-order valence-corrected chi connectivity index (χ1v) is 1.91. The van der Waals surface area contributed by atoms with Crippen molar-refractivity contribution in [3.63, 3.8) is 0 Å². The monoisotopic (exact) mass is 118 g/mol. The fourth-order valence-corrected chi connectivity index (χ4v) is 0.0471. The summed E-state index contributed by atoms with van der Waals surface area (Å²) in [5, 5.41) is 15.8. The normalized spacial score (nSPS) is 12.0. The van der Waals surface area contributed by atoms with Gasteiger partial charge in [-0.05, 0) is 0 Å². The summed E-state index contributed by atoms with van der Waals surface area (Å²) in [5.41, 5.74) is 0. The third-order valence-corrected chi connectivity index (χ3v) is 0.619. The van der Waals surface area contributed by atoms with Crippen LogP contribution in [-0.4, -0.2) is 10.3 Å². The van der Waals surface area contributed by atoms with E-state index in [2.05, 4.69) is 12.6 Å². The van der Waals surface area contributed by atoms with E-state index in [-0.39, 0.29) is 0 Å². The van der Waals surface area contributed by atoms with Crippen molar-refractivity contribution in [2.24, 2.45) is 0 Å². The third kappa shape index (κ3) is 2.00. The third-order valence-electron chi connectivity index (χ3n) is 0.315. The van der Waals surface area contributed by atoms with Gasteiger partial charge in [0.05, 0.1) is 0 Å². The summed E-state index contributed by atoms with van der Waals surface area (Å²) in [6, 6.07) is 1.33. The Labute approximate surface area is 45.3 Å². The molecule has 0 spiro atoms. The Morgan fingerprint density at radius 1 is 2.00 bits per heavy atom. The summed E-state index contributed by atoms with van der Waals surface area (Å²) in [7, 11) is 0. The minimum atomic E-state index is -1.38. The van der Waals surface area contributed by atoms with Crippen LogP contribution < -0.4 is 0 Å². The highest BCUT2D eigenvalue weighted by molar-refractivity contribution is 7.81. The molecule has 0 aromatic rings. The van der Waals surface area contributed by atoms with Gasteiger partial charge in [0.25, 0.3) is 0 Å². The summed E-state index contributed by atoms with van der Waals surface area (Å²) in [5.74, 6) is 0. The van der Waals surface area contributed by atoms with Gasteiger partial charge in [0.1, 0.15) is 0 Å². The first kappa shape index (κ1) is 6.24. The minimum absolute atomic E-state index is 0.775. The van der Waals surface area contributed by atoms with Gasteiger partial charge in [0.2, 0.25) is 0 Å². The number of rotatable bonds is 1. The Hall–Kier alpha value is -0.760. The Morgan fingerprint density at radius 3 is 2.43 bits per heavy atom. The number of nitro groups is 1. The summed E-state index contributed by atoms with van der Waals surface area (Å²) in [4.78, 5) is 8.66. The van der Waals surface area contributed by atoms with Gasteiger partial charge in [-0.3, -0.25) is 10.1 Å². The van der Waals surface area contributed by atoms with E-state index in [1.165, 1.54) is 6.07 Å². The van der Waals surface area contributed by atoms with E-state index in [0.29, 0.717) is 0 Å². The van der Waals surface area contributed by atoms with Gasteiger partial charge in [-0.1, -0.05) is 12.6 Å². The molecule has 0 aliphatic heterocycles. The SMILES string of the molecule is N#CC(S)[N+](=O)[O-]. The molecule has 0 N–H and O–H groups in total. The molecule has 0 bridgehead atoms. The van der Waals surface area contributed by atoms with Crippen molar-refractivity contribution in [3.05, 3.63) is 10.1 Å². The molecular weight excluding hydrogens is 116 g/mol. The van der Waals surface area contributed by atoms with Crippen molar-refractivity contribution < 1.29 is 4.92 Å². The highest BCUT2D eigenvalue weighted by Crippen LogP contribution is 1.89. The number of hydrogen-bond donors (Lipinski definition) is 1. The maximum absolute atomic E-state index is 9.44. The topological polar surface area (TPSA) is 66.9 Å². The maximum atomic E-state index is 9.44. The predicted octanol–water partition coefficient (Wildman–Crippen LogP) is 0.0426. The summed E-state index contributed by atoms with van der Waals surface area (Å²) < 4.78 is 0. The molecule has 0 aromatic carbocycles. The molecule has 5 heteroatoms. The Morgan fingerprint density at radius 2 is 2.43 bits per heavy atom. The molecule has 0 amide bonds. The number of nitrogens with zero attached hydrogens (tertiary/aromatic N) is 2. The molecule has 0 aromatic heterocycles. The highest BCUT2D eigenvalue weighted by Gasteiger charge is 2.08. The van der Waals surface area contributed by atoms with Gasteiger partial charge in [-0.15, -0.1) is 0 Å². The largest absolute Gasteiger partial charge is 0.339 e. The fourth-order valence-electron chi connectivity index (χ4n) is 0.0471. The quantitative estimate of drug-likeness (QED) is 0.229. The van der Waals surface area contributed by atoms with Gasteiger partial charge in [0, 0.05) is 4.92 Å². The number of hydrogen-bond acceptors (Lipinski definition) is 4. The zero-order valence-corrected chi connectivity index (χ0v) is 4.13. The van der Waals surface area contributed by atoms with Crippen molar-refractivity contribution in [3.8, 4) is 6.07 Å². The molecule has 0 heterocycles. The molecule has 7 heavy (non-hydrogen) atoms. The van der Waals surface area contributed by atoms with Gasteiger partial charge < -0.3 is 0 Å². The number of thiol groups is 1. The van der Waals surface area contributed by atoms with E-state index in [1.54, 1.807) is 0 Å². The van der Waals surface area contributed by atoms with E-state index in [9.17, 15) is 10.1 Å². The van der Waals surface area contributed by atoms with Gasteiger partial charge >= 0.3 is 5.37 Å². The van der Waals surface area contributed by atoms with Crippen LogP contribution in [0.2, 0.25) is 0 Å². The lowest BCUT2D eigenvalue weighted by atomic mass is 10.8. The Bertz CT molecular complexity index is 117. The first-order chi connectivity index (χ1) is 3.18. The van der Waals surface area contributed by atoms with Crippen molar-refractivity contribution in [2.45, 2.75) is 5.37 Å². The maximum Gasteiger partial charge on any atom is 0.339 e. The molecule has 4 nitrogen and oxygen atoms in total. The first-order valence-electron chi connectivity index (χ1n) is 1.39. The van der Waals surface area contributed by atoms with Crippen LogP contribution in [-0.2, 0) is 0 Å². The molecule has 0 aliphatic carbocycles. The molecule has 0 saturated heterocycles. The molecule has 1 unspecified atom stereocenters. The fraction of sp³-hybridized carbons (Fsp3) is 0.500. The lowest BCUT2D eigenvalue weighted by molar-refractivity contribution is -0.480. The van der Waals surface area contributed by atoms with Crippen LogP contribution in [0.25, 0.3) is 0 Å². The molecule has 0 fully saturated rings. The van der Waals surface area contributed by atoms with E-state index in [4.69, 9.17) is 5.26 Å². The second-order valence-corrected chi connectivity index (χ2v) is 1.28. The summed E-state index contributed by atoms with van der Waals surface area (Å²) in [6.07, 6.45) is 0. The second-order valence-electron chi connectivity index (χ2n) is 0.788. The van der Waals surface area contributed by atoms with Crippen LogP contribution in [0.3, 0.4) is 0 Å². The molecule has 0 aliphatic rings. The summed E-state index contributed by atoms with van der Waals surface area (Å²) >= 11 is 3.26. The van der Waals surface area contributed by atoms with Crippen molar-refractivity contribution in [1.29, 1.82) is 5.26 Å².